The van der Waals surface area contributed by atoms with Crippen LogP contribution < -0.4 is 0 Å². The highest BCUT2D eigenvalue weighted by Crippen LogP contribution is 2.41. The van der Waals surface area contributed by atoms with E-state index in [4.69, 9.17) is 4.74 Å². The molecule has 162 valence electrons. The summed E-state index contributed by atoms with van der Waals surface area (Å²) in [5.74, 6) is 1.42. The lowest BCUT2D eigenvalue weighted by Crippen LogP contribution is -2.41. The highest BCUT2D eigenvalue weighted by atomic mass is 16.5. The molecule has 0 bridgehead atoms. The topological polar surface area (TPSA) is 32.7 Å². The Balaban J connectivity index is 1.30. The van der Waals surface area contributed by atoms with E-state index in [2.05, 4.69) is 72.5 Å². The second-order valence-electron chi connectivity index (χ2n) is 9.23. The molecule has 30 heavy (non-hydrogen) atoms. The molecule has 1 saturated heterocycles. The summed E-state index contributed by atoms with van der Waals surface area (Å²) in [5.41, 5.74) is 2.51. The Morgan fingerprint density at radius 3 is 2.27 bits per heavy atom. The molecule has 4 rings (SSSR count). The van der Waals surface area contributed by atoms with E-state index >= 15 is 0 Å². The fourth-order valence-corrected chi connectivity index (χ4v) is 5.72. The summed E-state index contributed by atoms with van der Waals surface area (Å²) in [5, 5.41) is 10.2. The standard InChI is InChI=1S/C27H37NO2/c1-21(30-20-22-9-4-2-5-10-22)23-14-16-25(17-15-23)26-13-8-18-28(26)27(19-29)24-11-6-3-7-12-24/h2-7,9-12,21,23,25-27,29H,8,13-20H2,1H3. The van der Waals surface area contributed by atoms with Gasteiger partial charge in [0, 0.05) is 6.04 Å². The summed E-state index contributed by atoms with van der Waals surface area (Å²) in [6.07, 6.45) is 7.96. The molecule has 2 aliphatic rings. The van der Waals surface area contributed by atoms with Gasteiger partial charge in [0.05, 0.1) is 25.4 Å². The Kier molecular flexibility index (Phi) is 7.59. The fraction of sp³-hybridized carbons (Fsp3) is 0.556. The molecule has 3 nitrogen and oxygen atoms in total. The van der Waals surface area contributed by atoms with Crippen molar-refractivity contribution in [3.63, 3.8) is 0 Å². The summed E-state index contributed by atoms with van der Waals surface area (Å²) in [6, 6.07) is 21.8. The van der Waals surface area contributed by atoms with Crippen LogP contribution in [-0.2, 0) is 11.3 Å². The zero-order valence-electron chi connectivity index (χ0n) is 18.3. The van der Waals surface area contributed by atoms with Crippen LogP contribution >= 0.6 is 0 Å². The number of hydrogen-bond acceptors (Lipinski definition) is 3. The van der Waals surface area contributed by atoms with Crippen LogP contribution in [0.1, 0.15) is 62.6 Å². The van der Waals surface area contributed by atoms with Crippen molar-refractivity contribution in [3.8, 4) is 0 Å². The van der Waals surface area contributed by atoms with Crippen molar-refractivity contribution in [2.24, 2.45) is 11.8 Å². The number of benzene rings is 2. The lowest BCUT2D eigenvalue weighted by atomic mass is 9.76. The van der Waals surface area contributed by atoms with Crippen LogP contribution in [0.3, 0.4) is 0 Å². The minimum Gasteiger partial charge on any atom is -0.394 e. The molecule has 1 aliphatic heterocycles. The Bertz CT molecular complexity index is 742. The first-order valence-electron chi connectivity index (χ1n) is 11.8. The highest BCUT2D eigenvalue weighted by Gasteiger charge is 2.38. The van der Waals surface area contributed by atoms with E-state index < -0.39 is 0 Å². The van der Waals surface area contributed by atoms with Crippen molar-refractivity contribution >= 4 is 0 Å². The van der Waals surface area contributed by atoms with Crippen LogP contribution in [0.5, 0.6) is 0 Å². The molecule has 2 aromatic carbocycles. The zero-order chi connectivity index (χ0) is 20.8. The van der Waals surface area contributed by atoms with Crippen molar-refractivity contribution in [1.29, 1.82) is 0 Å². The first-order valence-corrected chi connectivity index (χ1v) is 11.8. The van der Waals surface area contributed by atoms with Gasteiger partial charge in [-0.3, -0.25) is 4.90 Å². The van der Waals surface area contributed by atoms with Gasteiger partial charge in [0.2, 0.25) is 0 Å². The second kappa shape index (κ2) is 10.6. The Morgan fingerprint density at radius 1 is 0.933 bits per heavy atom. The average molecular weight is 408 g/mol. The van der Waals surface area contributed by atoms with Gasteiger partial charge < -0.3 is 9.84 Å². The number of aliphatic hydroxyl groups excluding tert-OH is 1. The van der Waals surface area contributed by atoms with E-state index in [-0.39, 0.29) is 12.6 Å². The maximum atomic E-state index is 10.2. The Labute approximate surface area is 182 Å². The van der Waals surface area contributed by atoms with Crippen molar-refractivity contribution in [3.05, 3.63) is 71.8 Å². The molecule has 0 amide bonds. The summed E-state index contributed by atoms with van der Waals surface area (Å²) in [6.45, 7) is 4.29. The molecule has 1 saturated carbocycles. The van der Waals surface area contributed by atoms with Crippen LogP contribution in [0.4, 0.5) is 0 Å². The van der Waals surface area contributed by atoms with Gasteiger partial charge in [-0.05, 0) is 75.0 Å². The number of ether oxygens (including phenoxy) is 1. The van der Waals surface area contributed by atoms with Crippen molar-refractivity contribution in [1.82, 2.24) is 4.90 Å². The van der Waals surface area contributed by atoms with E-state index in [1.807, 2.05) is 0 Å². The van der Waals surface area contributed by atoms with Gasteiger partial charge in [-0.2, -0.15) is 0 Å². The van der Waals surface area contributed by atoms with Crippen LogP contribution in [0, 0.1) is 11.8 Å². The SMILES string of the molecule is CC(OCc1ccccc1)C1CCC(C2CCCN2C(CO)c2ccccc2)CC1. The fourth-order valence-electron chi connectivity index (χ4n) is 5.72. The van der Waals surface area contributed by atoms with Crippen molar-refractivity contribution in [2.45, 2.75) is 70.2 Å². The van der Waals surface area contributed by atoms with Crippen molar-refractivity contribution < 1.29 is 9.84 Å². The molecule has 2 aromatic rings. The van der Waals surface area contributed by atoms with Gasteiger partial charge in [0.15, 0.2) is 0 Å². The minimum atomic E-state index is 0.143. The summed E-state index contributed by atoms with van der Waals surface area (Å²) in [7, 11) is 0. The number of hydrogen-bond donors (Lipinski definition) is 1. The van der Waals surface area contributed by atoms with Gasteiger partial charge in [-0.1, -0.05) is 60.7 Å². The molecule has 1 heterocycles. The number of rotatable bonds is 8. The monoisotopic (exact) mass is 407 g/mol. The van der Waals surface area contributed by atoms with E-state index in [0.717, 1.165) is 12.5 Å². The Hall–Kier alpha value is -1.68. The molecule has 3 heteroatoms. The maximum absolute atomic E-state index is 10.2. The molecular formula is C27H37NO2. The Morgan fingerprint density at radius 2 is 1.60 bits per heavy atom. The molecule has 1 N–H and O–H groups in total. The highest BCUT2D eigenvalue weighted by molar-refractivity contribution is 5.20. The van der Waals surface area contributed by atoms with E-state index in [1.165, 1.54) is 49.7 Å². The second-order valence-corrected chi connectivity index (χ2v) is 9.23. The third-order valence-electron chi connectivity index (χ3n) is 7.48. The summed E-state index contributed by atoms with van der Waals surface area (Å²) in [4.78, 5) is 2.61. The lowest BCUT2D eigenvalue weighted by Gasteiger charge is -2.40. The zero-order valence-corrected chi connectivity index (χ0v) is 18.3. The molecule has 0 aromatic heterocycles. The molecule has 0 radical (unpaired) electrons. The molecular weight excluding hydrogens is 370 g/mol. The van der Waals surface area contributed by atoms with Gasteiger partial charge >= 0.3 is 0 Å². The van der Waals surface area contributed by atoms with Crippen molar-refractivity contribution in [2.75, 3.05) is 13.2 Å². The van der Waals surface area contributed by atoms with Crippen LogP contribution in [0.15, 0.2) is 60.7 Å². The van der Waals surface area contributed by atoms with Gasteiger partial charge in [-0.15, -0.1) is 0 Å². The largest absolute Gasteiger partial charge is 0.394 e. The first kappa shape index (κ1) is 21.5. The quantitative estimate of drug-likeness (QED) is 0.618. The van der Waals surface area contributed by atoms with Gasteiger partial charge in [-0.25, -0.2) is 0 Å². The van der Waals surface area contributed by atoms with Crippen LogP contribution in [0.2, 0.25) is 0 Å². The van der Waals surface area contributed by atoms with Crippen LogP contribution in [0.25, 0.3) is 0 Å². The number of likely N-dealkylation sites (tertiary alicyclic amines) is 1. The third kappa shape index (κ3) is 5.14. The summed E-state index contributed by atoms with van der Waals surface area (Å²) >= 11 is 0. The predicted molar refractivity (Wildman–Crippen MR) is 122 cm³/mol. The minimum absolute atomic E-state index is 0.143. The molecule has 3 unspecified atom stereocenters. The lowest BCUT2D eigenvalue weighted by molar-refractivity contribution is -0.0106. The summed E-state index contributed by atoms with van der Waals surface area (Å²) < 4.78 is 6.22. The van der Waals surface area contributed by atoms with Crippen LogP contribution in [-0.4, -0.2) is 35.3 Å². The normalized spacial score (nSPS) is 27.1. The van der Waals surface area contributed by atoms with E-state index in [9.17, 15) is 5.11 Å². The average Bonchev–Trinajstić information content (AvgIpc) is 3.29. The predicted octanol–water partition coefficient (Wildman–Crippen LogP) is 5.60. The maximum Gasteiger partial charge on any atom is 0.0720 e. The van der Waals surface area contributed by atoms with E-state index in [1.54, 1.807) is 0 Å². The smallest absolute Gasteiger partial charge is 0.0720 e. The third-order valence-corrected chi connectivity index (χ3v) is 7.48. The van der Waals surface area contributed by atoms with Gasteiger partial charge in [0.1, 0.15) is 0 Å². The van der Waals surface area contributed by atoms with E-state index in [0.29, 0.717) is 24.7 Å². The molecule has 0 spiro atoms. The first-order chi connectivity index (χ1) is 14.8. The molecule has 1 aliphatic carbocycles. The van der Waals surface area contributed by atoms with Gasteiger partial charge in [0.25, 0.3) is 0 Å². The molecule has 2 fully saturated rings. The molecule has 3 atom stereocenters. The number of nitrogens with zero attached hydrogens (tertiary/aromatic N) is 1. The number of aliphatic hydroxyl groups is 1.